The van der Waals surface area contributed by atoms with Gasteiger partial charge in [-0.1, -0.05) is 12.1 Å². The molecular formula is C15H19N3O2. The van der Waals surface area contributed by atoms with E-state index < -0.39 is 6.10 Å². The minimum Gasteiger partial charge on any atom is -0.392 e. The van der Waals surface area contributed by atoms with Gasteiger partial charge in [0.05, 0.1) is 29.6 Å². The SMILES string of the molecule is Cn1c(CNC(=O)C2CCCC2O)nc2ccccc21. The molecule has 2 unspecified atom stereocenters. The third-order valence-electron chi connectivity index (χ3n) is 4.12. The topological polar surface area (TPSA) is 67.2 Å². The lowest BCUT2D eigenvalue weighted by molar-refractivity contribution is -0.127. The van der Waals surface area contributed by atoms with E-state index in [4.69, 9.17) is 0 Å². The molecule has 1 amide bonds. The maximum absolute atomic E-state index is 12.0. The van der Waals surface area contributed by atoms with Crippen LogP contribution in [0.4, 0.5) is 0 Å². The van der Waals surface area contributed by atoms with Gasteiger partial charge in [-0.25, -0.2) is 4.98 Å². The molecule has 0 spiro atoms. The number of rotatable bonds is 3. The van der Waals surface area contributed by atoms with Crippen LogP contribution in [0.15, 0.2) is 24.3 Å². The van der Waals surface area contributed by atoms with Crippen molar-refractivity contribution in [1.82, 2.24) is 14.9 Å². The van der Waals surface area contributed by atoms with Crippen molar-refractivity contribution < 1.29 is 9.90 Å². The summed E-state index contributed by atoms with van der Waals surface area (Å²) in [5.74, 6) is 0.499. The summed E-state index contributed by atoms with van der Waals surface area (Å²) in [5, 5.41) is 12.6. The lowest BCUT2D eigenvalue weighted by Gasteiger charge is -2.14. The molecular weight excluding hydrogens is 254 g/mol. The molecule has 1 aromatic heterocycles. The molecule has 0 saturated heterocycles. The summed E-state index contributed by atoms with van der Waals surface area (Å²) in [6.07, 6.45) is 1.93. The Bertz CT molecular complexity index is 635. The Morgan fingerprint density at radius 3 is 2.95 bits per heavy atom. The highest BCUT2D eigenvalue weighted by molar-refractivity contribution is 5.80. The van der Waals surface area contributed by atoms with Crippen molar-refractivity contribution in [1.29, 1.82) is 0 Å². The number of hydrogen-bond acceptors (Lipinski definition) is 3. The van der Waals surface area contributed by atoms with Crippen LogP contribution in [0.3, 0.4) is 0 Å². The van der Waals surface area contributed by atoms with Crippen molar-refractivity contribution in [2.75, 3.05) is 0 Å². The van der Waals surface area contributed by atoms with Gasteiger partial charge < -0.3 is 15.0 Å². The molecule has 1 saturated carbocycles. The first kappa shape index (κ1) is 13.1. The number of amides is 1. The molecule has 20 heavy (non-hydrogen) atoms. The number of aryl methyl sites for hydroxylation is 1. The molecule has 5 nitrogen and oxygen atoms in total. The van der Waals surface area contributed by atoms with Gasteiger partial charge in [0.25, 0.3) is 0 Å². The van der Waals surface area contributed by atoms with Gasteiger partial charge in [-0.05, 0) is 31.4 Å². The predicted octanol–water partition coefficient (Wildman–Crippen LogP) is 1.35. The number of aromatic nitrogens is 2. The van der Waals surface area contributed by atoms with Crippen LogP contribution < -0.4 is 5.32 Å². The number of fused-ring (bicyclic) bond motifs is 1. The van der Waals surface area contributed by atoms with Crippen molar-refractivity contribution in [3.8, 4) is 0 Å². The van der Waals surface area contributed by atoms with Crippen molar-refractivity contribution in [3.63, 3.8) is 0 Å². The van der Waals surface area contributed by atoms with Crippen molar-refractivity contribution in [2.24, 2.45) is 13.0 Å². The summed E-state index contributed by atoms with van der Waals surface area (Å²) in [4.78, 5) is 16.6. The maximum atomic E-state index is 12.0. The highest BCUT2D eigenvalue weighted by Gasteiger charge is 2.31. The molecule has 1 aromatic carbocycles. The van der Waals surface area contributed by atoms with Crippen LogP contribution in [0.25, 0.3) is 11.0 Å². The highest BCUT2D eigenvalue weighted by Crippen LogP contribution is 2.25. The lowest BCUT2D eigenvalue weighted by Crippen LogP contribution is -2.34. The number of nitrogens with one attached hydrogen (secondary N) is 1. The molecule has 0 aliphatic heterocycles. The lowest BCUT2D eigenvalue weighted by atomic mass is 10.1. The number of carbonyl (C=O) groups excluding carboxylic acids is 1. The second-order valence-corrected chi connectivity index (χ2v) is 5.40. The molecule has 2 aromatic rings. The van der Waals surface area contributed by atoms with E-state index in [2.05, 4.69) is 10.3 Å². The smallest absolute Gasteiger partial charge is 0.226 e. The Morgan fingerprint density at radius 1 is 1.45 bits per heavy atom. The van der Waals surface area contributed by atoms with E-state index in [9.17, 15) is 9.90 Å². The van der Waals surface area contributed by atoms with Crippen molar-refractivity contribution >= 4 is 16.9 Å². The number of carbonyl (C=O) groups is 1. The Labute approximate surface area is 117 Å². The number of imidazole rings is 1. The Hall–Kier alpha value is -1.88. The van der Waals surface area contributed by atoms with Crippen LogP contribution in [0.5, 0.6) is 0 Å². The van der Waals surface area contributed by atoms with E-state index in [0.717, 1.165) is 36.1 Å². The van der Waals surface area contributed by atoms with Gasteiger partial charge in [0.15, 0.2) is 0 Å². The van der Waals surface area contributed by atoms with Crippen LogP contribution in [0.2, 0.25) is 0 Å². The number of aliphatic hydroxyl groups excluding tert-OH is 1. The van der Waals surface area contributed by atoms with E-state index >= 15 is 0 Å². The van der Waals surface area contributed by atoms with E-state index in [1.807, 2.05) is 35.9 Å². The molecule has 0 radical (unpaired) electrons. The van der Waals surface area contributed by atoms with E-state index in [-0.39, 0.29) is 11.8 Å². The summed E-state index contributed by atoms with van der Waals surface area (Å²) < 4.78 is 1.99. The summed E-state index contributed by atoms with van der Waals surface area (Å²) >= 11 is 0. The van der Waals surface area contributed by atoms with Crippen LogP contribution >= 0.6 is 0 Å². The quantitative estimate of drug-likeness (QED) is 0.887. The third kappa shape index (κ3) is 2.29. The molecule has 2 atom stereocenters. The average molecular weight is 273 g/mol. The largest absolute Gasteiger partial charge is 0.392 e. The van der Waals surface area contributed by atoms with Crippen LogP contribution in [-0.4, -0.2) is 26.7 Å². The van der Waals surface area contributed by atoms with Gasteiger partial charge in [-0.2, -0.15) is 0 Å². The summed E-state index contributed by atoms with van der Waals surface area (Å²) in [5.41, 5.74) is 1.98. The fourth-order valence-electron chi connectivity index (χ4n) is 2.90. The van der Waals surface area contributed by atoms with E-state index in [1.165, 1.54) is 0 Å². The normalized spacial score (nSPS) is 22.3. The third-order valence-corrected chi connectivity index (χ3v) is 4.12. The minimum absolute atomic E-state index is 0.0675. The fourth-order valence-corrected chi connectivity index (χ4v) is 2.90. The highest BCUT2D eigenvalue weighted by atomic mass is 16.3. The fraction of sp³-hybridized carbons (Fsp3) is 0.467. The van der Waals surface area contributed by atoms with Gasteiger partial charge in [0.1, 0.15) is 5.82 Å². The van der Waals surface area contributed by atoms with E-state index in [0.29, 0.717) is 6.54 Å². The number of para-hydroxylation sites is 2. The molecule has 1 aliphatic rings. The van der Waals surface area contributed by atoms with Gasteiger partial charge in [-0.3, -0.25) is 4.79 Å². The molecule has 0 bridgehead atoms. The number of hydrogen-bond donors (Lipinski definition) is 2. The first-order chi connectivity index (χ1) is 9.66. The van der Waals surface area contributed by atoms with E-state index in [1.54, 1.807) is 0 Å². The van der Waals surface area contributed by atoms with Crippen LogP contribution in [-0.2, 0) is 18.4 Å². The Balaban J connectivity index is 1.71. The molecule has 1 aliphatic carbocycles. The van der Waals surface area contributed by atoms with Gasteiger partial charge in [0, 0.05) is 7.05 Å². The second kappa shape index (κ2) is 5.25. The molecule has 5 heteroatoms. The summed E-state index contributed by atoms with van der Waals surface area (Å²) in [6.45, 7) is 0.396. The Kier molecular flexibility index (Phi) is 3.44. The zero-order valence-corrected chi connectivity index (χ0v) is 11.5. The van der Waals surface area contributed by atoms with Gasteiger partial charge in [-0.15, -0.1) is 0 Å². The zero-order valence-electron chi connectivity index (χ0n) is 11.5. The van der Waals surface area contributed by atoms with Crippen molar-refractivity contribution in [3.05, 3.63) is 30.1 Å². The number of nitrogens with zero attached hydrogens (tertiary/aromatic N) is 2. The van der Waals surface area contributed by atoms with Gasteiger partial charge in [0.2, 0.25) is 5.91 Å². The molecule has 3 rings (SSSR count). The molecule has 1 fully saturated rings. The molecule has 106 valence electrons. The number of benzene rings is 1. The molecule has 2 N–H and O–H groups in total. The number of aliphatic hydroxyl groups is 1. The average Bonchev–Trinajstić information content (AvgIpc) is 3.01. The Morgan fingerprint density at radius 2 is 2.25 bits per heavy atom. The first-order valence-electron chi connectivity index (χ1n) is 7.03. The minimum atomic E-state index is -0.490. The van der Waals surface area contributed by atoms with Crippen molar-refractivity contribution in [2.45, 2.75) is 31.9 Å². The van der Waals surface area contributed by atoms with Gasteiger partial charge >= 0.3 is 0 Å². The second-order valence-electron chi connectivity index (χ2n) is 5.40. The molecule has 1 heterocycles. The summed E-state index contributed by atoms with van der Waals surface area (Å²) in [6, 6.07) is 7.89. The first-order valence-corrected chi connectivity index (χ1v) is 7.03. The monoisotopic (exact) mass is 273 g/mol. The maximum Gasteiger partial charge on any atom is 0.226 e. The van der Waals surface area contributed by atoms with Crippen LogP contribution in [0.1, 0.15) is 25.1 Å². The zero-order chi connectivity index (χ0) is 14.1. The van der Waals surface area contributed by atoms with Crippen LogP contribution in [0, 0.1) is 5.92 Å². The predicted molar refractivity (Wildman–Crippen MR) is 75.9 cm³/mol. The summed E-state index contributed by atoms with van der Waals surface area (Å²) in [7, 11) is 1.95. The standard InChI is InChI=1S/C15H19N3O2/c1-18-12-7-3-2-6-11(12)17-14(18)9-16-15(20)10-5-4-8-13(10)19/h2-3,6-7,10,13,19H,4-5,8-9H2,1H3,(H,16,20).